The largest absolute Gasteiger partial charge is 0.416 e. The van der Waals surface area contributed by atoms with Crippen LogP contribution in [0.1, 0.15) is 33.3 Å². The fraction of sp³-hybridized carbons (Fsp3) is 0.214. The maximum Gasteiger partial charge on any atom is 0.416 e. The Kier molecular flexibility index (Phi) is 3.75. The lowest BCUT2D eigenvalue weighted by molar-refractivity contribution is -0.137. The van der Waals surface area contributed by atoms with Gasteiger partial charge in [-0.1, -0.05) is 19.1 Å². The summed E-state index contributed by atoms with van der Waals surface area (Å²) in [6.45, 7) is 1.94. The van der Waals surface area contributed by atoms with Crippen molar-refractivity contribution < 1.29 is 18.0 Å². The van der Waals surface area contributed by atoms with Crippen LogP contribution in [0.4, 0.5) is 13.2 Å². The molecule has 19 heavy (non-hydrogen) atoms. The van der Waals surface area contributed by atoms with Gasteiger partial charge in [0.1, 0.15) is 0 Å². The number of thiophene rings is 1. The van der Waals surface area contributed by atoms with Crippen molar-refractivity contribution >= 4 is 17.1 Å². The fourth-order valence-electron chi connectivity index (χ4n) is 1.76. The van der Waals surface area contributed by atoms with Crippen molar-refractivity contribution in [2.45, 2.75) is 19.5 Å². The molecule has 0 fully saturated rings. The number of benzene rings is 1. The quantitative estimate of drug-likeness (QED) is 0.755. The minimum Gasteiger partial charge on any atom is -0.288 e. The summed E-state index contributed by atoms with van der Waals surface area (Å²) < 4.78 is 37.3. The summed E-state index contributed by atoms with van der Waals surface area (Å²) >= 11 is 1.32. The van der Waals surface area contributed by atoms with Crippen LogP contribution in [-0.4, -0.2) is 5.78 Å². The van der Waals surface area contributed by atoms with Gasteiger partial charge in [-0.05, 0) is 35.6 Å². The third-order valence-electron chi connectivity index (χ3n) is 2.81. The van der Waals surface area contributed by atoms with Crippen LogP contribution in [0.25, 0.3) is 0 Å². The van der Waals surface area contributed by atoms with Gasteiger partial charge in [-0.3, -0.25) is 4.79 Å². The van der Waals surface area contributed by atoms with Crippen molar-refractivity contribution in [3.05, 3.63) is 57.3 Å². The van der Waals surface area contributed by atoms with Crippen LogP contribution in [0.3, 0.4) is 0 Å². The minimum atomic E-state index is -4.38. The van der Waals surface area contributed by atoms with E-state index in [9.17, 15) is 18.0 Å². The molecule has 0 unspecified atom stereocenters. The van der Waals surface area contributed by atoms with E-state index in [-0.39, 0.29) is 11.3 Å². The highest BCUT2D eigenvalue weighted by molar-refractivity contribution is 7.12. The van der Waals surface area contributed by atoms with E-state index in [0.29, 0.717) is 4.88 Å². The van der Waals surface area contributed by atoms with Crippen LogP contribution < -0.4 is 0 Å². The number of alkyl halides is 3. The summed E-state index contributed by atoms with van der Waals surface area (Å²) in [5.41, 5.74) is 0.464. The summed E-state index contributed by atoms with van der Waals surface area (Å²) in [6, 6.07) is 6.19. The summed E-state index contributed by atoms with van der Waals surface area (Å²) in [5, 5.41) is 1.82. The summed E-state index contributed by atoms with van der Waals surface area (Å²) in [5.74, 6) is -0.222. The molecule has 0 atom stereocenters. The molecule has 2 aromatic rings. The van der Waals surface area contributed by atoms with E-state index in [2.05, 4.69) is 0 Å². The Morgan fingerprint density at radius 1 is 1.16 bits per heavy atom. The lowest BCUT2D eigenvalue weighted by Gasteiger charge is -2.07. The number of carbonyl (C=O) groups excluding carboxylic acids is 1. The van der Waals surface area contributed by atoms with Crippen LogP contribution in [0.2, 0.25) is 0 Å². The molecule has 1 aromatic carbocycles. The Morgan fingerprint density at radius 3 is 2.32 bits per heavy atom. The van der Waals surface area contributed by atoms with E-state index >= 15 is 0 Å². The molecular weight excluding hydrogens is 273 g/mol. The van der Waals surface area contributed by atoms with Crippen LogP contribution in [0.5, 0.6) is 0 Å². The zero-order valence-corrected chi connectivity index (χ0v) is 10.9. The Labute approximate surface area is 112 Å². The van der Waals surface area contributed by atoms with Crippen LogP contribution in [0, 0.1) is 0 Å². The maximum absolute atomic E-state index is 12.4. The molecule has 5 heteroatoms. The summed E-state index contributed by atoms with van der Waals surface area (Å²) in [6.07, 6.45) is -3.65. The minimum absolute atomic E-state index is 0.222. The zero-order valence-electron chi connectivity index (χ0n) is 10.1. The number of aryl methyl sites for hydroxylation is 1. The predicted molar refractivity (Wildman–Crippen MR) is 68.6 cm³/mol. The number of carbonyl (C=O) groups is 1. The summed E-state index contributed by atoms with van der Waals surface area (Å²) in [7, 11) is 0. The molecule has 0 amide bonds. The highest BCUT2D eigenvalue weighted by Crippen LogP contribution is 2.30. The number of rotatable bonds is 3. The average Bonchev–Trinajstić information content (AvgIpc) is 2.85. The molecule has 0 bridgehead atoms. The first kappa shape index (κ1) is 13.8. The van der Waals surface area contributed by atoms with Gasteiger partial charge in [0.05, 0.1) is 10.4 Å². The first-order chi connectivity index (χ1) is 8.93. The van der Waals surface area contributed by atoms with Crippen LogP contribution >= 0.6 is 11.3 Å². The number of halogens is 3. The molecule has 1 heterocycles. The highest BCUT2D eigenvalue weighted by Gasteiger charge is 2.30. The van der Waals surface area contributed by atoms with E-state index in [1.165, 1.54) is 23.5 Å². The SMILES string of the molecule is CCc1ccsc1C(=O)c1ccc(C(F)(F)F)cc1. The van der Waals surface area contributed by atoms with E-state index in [1.54, 1.807) is 0 Å². The average molecular weight is 284 g/mol. The van der Waals surface area contributed by atoms with E-state index < -0.39 is 11.7 Å². The van der Waals surface area contributed by atoms with Gasteiger partial charge in [0.2, 0.25) is 5.78 Å². The Balaban J connectivity index is 2.30. The Hall–Kier alpha value is -1.62. The van der Waals surface area contributed by atoms with Gasteiger partial charge < -0.3 is 0 Å². The molecule has 0 N–H and O–H groups in total. The second-order valence-electron chi connectivity index (χ2n) is 4.03. The first-order valence-electron chi connectivity index (χ1n) is 5.71. The monoisotopic (exact) mass is 284 g/mol. The Bertz CT molecular complexity index is 581. The topological polar surface area (TPSA) is 17.1 Å². The molecule has 2 rings (SSSR count). The number of hydrogen-bond acceptors (Lipinski definition) is 2. The molecule has 1 nitrogen and oxygen atoms in total. The van der Waals surface area contributed by atoms with Gasteiger partial charge in [-0.15, -0.1) is 11.3 Å². The second-order valence-corrected chi connectivity index (χ2v) is 4.95. The summed E-state index contributed by atoms with van der Waals surface area (Å²) in [4.78, 5) is 12.8. The van der Waals surface area contributed by atoms with Gasteiger partial charge in [0.15, 0.2) is 0 Å². The normalized spacial score (nSPS) is 11.6. The van der Waals surface area contributed by atoms with Crippen molar-refractivity contribution in [3.8, 4) is 0 Å². The molecule has 0 aliphatic carbocycles. The standard InChI is InChI=1S/C14H11F3OS/c1-2-9-7-8-19-13(9)12(18)10-3-5-11(6-4-10)14(15,16)17/h3-8H,2H2,1H3. The molecular formula is C14H11F3OS. The van der Waals surface area contributed by atoms with Crippen LogP contribution in [-0.2, 0) is 12.6 Å². The van der Waals surface area contributed by atoms with Gasteiger partial charge in [-0.25, -0.2) is 0 Å². The van der Waals surface area contributed by atoms with Gasteiger partial charge in [0, 0.05) is 5.56 Å². The van der Waals surface area contributed by atoms with E-state index in [0.717, 1.165) is 24.1 Å². The smallest absolute Gasteiger partial charge is 0.288 e. The molecule has 0 aliphatic rings. The number of ketones is 1. The third kappa shape index (κ3) is 2.87. The lowest BCUT2D eigenvalue weighted by atomic mass is 10.0. The molecule has 0 aliphatic heterocycles. The molecule has 0 saturated carbocycles. The van der Waals surface area contributed by atoms with Gasteiger partial charge in [-0.2, -0.15) is 13.2 Å². The second kappa shape index (κ2) is 5.17. The van der Waals surface area contributed by atoms with Crippen LogP contribution in [0.15, 0.2) is 35.7 Å². The molecule has 1 aromatic heterocycles. The fourth-order valence-corrected chi connectivity index (χ4v) is 2.71. The van der Waals surface area contributed by atoms with Crippen molar-refractivity contribution in [2.24, 2.45) is 0 Å². The molecule has 100 valence electrons. The van der Waals surface area contributed by atoms with Crippen molar-refractivity contribution in [1.82, 2.24) is 0 Å². The molecule has 0 saturated heterocycles. The van der Waals surface area contributed by atoms with Crippen molar-refractivity contribution in [2.75, 3.05) is 0 Å². The first-order valence-corrected chi connectivity index (χ1v) is 6.59. The van der Waals surface area contributed by atoms with Gasteiger partial charge in [0.25, 0.3) is 0 Å². The zero-order chi connectivity index (χ0) is 14.0. The molecule has 0 spiro atoms. The van der Waals surface area contributed by atoms with E-state index in [1.807, 2.05) is 18.4 Å². The van der Waals surface area contributed by atoms with Gasteiger partial charge >= 0.3 is 6.18 Å². The predicted octanol–water partition coefficient (Wildman–Crippen LogP) is 4.56. The highest BCUT2D eigenvalue weighted by atomic mass is 32.1. The van der Waals surface area contributed by atoms with Crippen molar-refractivity contribution in [3.63, 3.8) is 0 Å². The number of hydrogen-bond donors (Lipinski definition) is 0. The maximum atomic E-state index is 12.4. The lowest BCUT2D eigenvalue weighted by Crippen LogP contribution is -2.06. The Morgan fingerprint density at radius 2 is 1.79 bits per heavy atom. The van der Waals surface area contributed by atoms with E-state index in [4.69, 9.17) is 0 Å². The third-order valence-corrected chi connectivity index (χ3v) is 3.76. The van der Waals surface area contributed by atoms with Crippen molar-refractivity contribution in [1.29, 1.82) is 0 Å². The molecule has 0 radical (unpaired) electrons.